The van der Waals surface area contributed by atoms with Gasteiger partial charge in [-0.1, -0.05) is 11.8 Å². The third kappa shape index (κ3) is 2.92. The molecule has 2 unspecified atom stereocenters. The minimum atomic E-state index is -0.981. The maximum Gasteiger partial charge on any atom is 0.327 e. The monoisotopic (exact) mass is 421 g/mol. The van der Waals surface area contributed by atoms with Crippen molar-refractivity contribution in [3.8, 4) is 11.5 Å². The van der Waals surface area contributed by atoms with E-state index in [0.29, 0.717) is 27.9 Å². The minimum absolute atomic E-state index is 0.383. The molecule has 1 aromatic carbocycles. The number of urea groups is 1. The summed E-state index contributed by atoms with van der Waals surface area (Å²) >= 11 is 1.15. The number of hydrogen-bond donors (Lipinski definition) is 2. The molecule has 9 nitrogen and oxygen atoms in total. The second kappa shape index (κ2) is 6.99. The predicted molar refractivity (Wildman–Crippen MR) is 108 cm³/mol. The lowest BCUT2D eigenvalue weighted by Gasteiger charge is -2.34. The summed E-state index contributed by atoms with van der Waals surface area (Å²) in [5, 5.41) is 12.2. The average molecular weight is 421 g/mol. The van der Waals surface area contributed by atoms with Crippen molar-refractivity contribution in [2.45, 2.75) is 23.2 Å². The first-order valence-corrected chi connectivity index (χ1v) is 9.93. The Hall–Kier alpha value is -3.66. The number of benzene rings is 1. The van der Waals surface area contributed by atoms with Gasteiger partial charge < -0.3 is 15.2 Å². The smallest absolute Gasteiger partial charge is 0.327 e. The van der Waals surface area contributed by atoms with Crippen LogP contribution in [0.15, 0.2) is 54.2 Å². The number of carbonyl (C=O) groups excluding carboxylic acids is 1. The van der Waals surface area contributed by atoms with Crippen LogP contribution in [0.4, 0.5) is 16.2 Å². The zero-order valence-corrected chi connectivity index (χ0v) is 16.5. The third-order valence-corrected chi connectivity index (χ3v) is 6.21. The number of aliphatic carboxylic acids is 1. The number of carboxylic acid groups (broad SMARTS) is 1. The van der Waals surface area contributed by atoms with Crippen LogP contribution in [0.3, 0.4) is 0 Å². The van der Waals surface area contributed by atoms with Crippen LogP contribution in [0.2, 0.25) is 0 Å². The number of nitrogens with one attached hydrogen (secondary N) is 1. The fraction of sp³-hybridized carbons (Fsp3) is 0.150. The predicted octanol–water partition coefficient (Wildman–Crippen LogP) is 3.43. The van der Waals surface area contributed by atoms with Gasteiger partial charge >= 0.3 is 12.0 Å². The fourth-order valence-corrected chi connectivity index (χ4v) is 4.83. The molecule has 0 fully saturated rings. The van der Waals surface area contributed by atoms with E-state index < -0.39 is 17.3 Å². The molecule has 0 saturated heterocycles. The number of pyridine rings is 1. The van der Waals surface area contributed by atoms with Crippen molar-refractivity contribution in [3.63, 3.8) is 0 Å². The molecule has 150 valence electrons. The van der Waals surface area contributed by atoms with Gasteiger partial charge in [0.1, 0.15) is 22.4 Å². The quantitative estimate of drug-likeness (QED) is 0.658. The Morgan fingerprint density at radius 2 is 2.00 bits per heavy atom. The molecule has 2 aliphatic heterocycles. The van der Waals surface area contributed by atoms with Crippen molar-refractivity contribution in [3.05, 3.63) is 60.3 Å². The van der Waals surface area contributed by atoms with Crippen molar-refractivity contribution in [2.75, 3.05) is 4.90 Å². The Morgan fingerprint density at radius 1 is 1.20 bits per heavy atom. The number of thioether (sulfide) groups is 1. The van der Waals surface area contributed by atoms with E-state index in [4.69, 9.17) is 4.74 Å². The van der Waals surface area contributed by atoms with Gasteiger partial charge in [-0.25, -0.2) is 19.7 Å². The molecule has 0 spiro atoms. The summed E-state index contributed by atoms with van der Waals surface area (Å²) in [6, 6.07) is 6.10. The Bertz CT molecular complexity index is 1170. The van der Waals surface area contributed by atoms with Gasteiger partial charge in [0.05, 0.1) is 29.8 Å². The maximum absolute atomic E-state index is 13.0. The van der Waals surface area contributed by atoms with E-state index in [9.17, 15) is 14.7 Å². The molecule has 30 heavy (non-hydrogen) atoms. The Morgan fingerprint density at radius 3 is 2.73 bits per heavy atom. The molecular weight excluding hydrogens is 406 g/mol. The molecule has 2 N–H and O–H groups in total. The summed E-state index contributed by atoms with van der Waals surface area (Å²) < 4.78 is 5.76. The van der Waals surface area contributed by atoms with E-state index in [0.717, 1.165) is 22.9 Å². The molecule has 4 heterocycles. The summed E-state index contributed by atoms with van der Waals surface area (Å²) in [4.78, 5) is 38.3. The second-order valence-electron chi connectivity index (χ2n) is 6.81. The molecule has 0 bridgehead atoms. The van der Waals surface area contributed by atoms with Gasteiger partial charge in [-0.15, -0.1) is 0 Å². The molecule has 2 amide bonds. The molecular formula is C20H15N5O4S. The Kier molecular flexibility index (Phi) is 4.28. The lowest BCUT2D eigenvalue weighted by atomic mass is 10.00. The topological polar surface area (TPSA) is 118 Å². The van der Waals surface area contributed by atoms with Crippen LogP contribution in [0.1, 0.15) is 17.2 Å². The van der Waals surface area contributed by atoms with E-state index in [1.807, 2.05) is 13.0 Å². The van der Waals surface area contributed by atoms with Crippen molar-refractivity contribution in [2.24, 2.45) is 0 Å². The van der Waals surface area contributed by atoms with Gasteiger partial charge in [-0.2, -0.15) is 0 Å². The number of amides is 2. The molecule has 2 aliphatic rings. The molecule has 2 aromatic heterocycles. The average Bonchev–Trinajstić information content (AvgIpc) is 3.10. The molecule has 3 aromatic rings. The highest BCUT2D eigenvalue weighted by Gasteiger charge is 2.46. The van der Waals surface area contributed by atoms with Crippen LogP contribution in [0.5, 0.6) is 11.5 Å². The van der Waals surface area contributed by atoms with Crippen LogP contribution in [0.25, 0.3) is 0 Å². The van der Waals surface area contributed by atoms with Crippen LogP contribution in [-0.2, 0) is 4.79 Å². The van der Waals surface area contributed by atoms with Crippen LogP contribution in [0, 0.1) is 6.92 Å². The van der Waals surface area contributed by atoms with Crippen LogP contribution in [-0.4, -0.2) is 37.3 Å². The molecule has 0 saturated carbocycles. The first kappa shape index (κ1) is 18.4. The highest BCUT2D eigenvalue weighted by Crippen LogP contribution is 2.50. The maximum atomic E-state index is 13.0. The standard InChI is InChI=1S/C20H15N5O4S/c1-10-6-11(29-12-7-21-9-22-8-12)2-3-13(10)25-14-4-5-23-18-15(14)16(24-20(25)28)17(30-18)19(26)27/h2-9,16-17H,1H3,(H,24,28)(H,26,27). The molecule has 5 rings (SSSR count). The van der Waals surface area contributed by atoms with E-state index in [-0.39, 0.29) is 6.03 Å². The van der Waals surface area contributed by atoms with Gasteiger partial charge in [-0.05, 0) is 36.8 Å². The highest BCUT2D eigenvalue weighted by molar-refractivity contribution is 8.00. The van der Waals surface area contributed by atoms with Gasteiger partial charge in [0.2, 0.25) is 0 Å². The number of carboxylic acids is 1. The summed E-state index contributed by atoms with van der Waals surface area (Å²) in [6.45, 7) is 1.87. The normalized spacial score (nSPS) is 19.2. The number of aryl methyl sites for hydroxylation is 1. The van der Waals surface area contributed by atoms with E-state index in [1.54, 1.807) is 41.7 Å². The number of nitrogens with zero attached hydrogens (tertiary/aromatic N) is 4. The van der Waals surface area contributed by atoms with Crippen LogP contribution >= 0.6 is 11.8 Å². The Balaban J connectivity index is 1.53. The number of aromatic nitrogens is 3. The number of carbonyl (C=O) groups is 2. The van der Waals surface area contributed by atoms with Crippen molar-refractivity contribution < 1.29 is 19.4 Å². The SMILES string of the molecule is Cc1cc(Oc2cncnc2)ccc1N1C(=O)NC2c3c1ccnc3SC2C(=O)O. The second-order valence-corrected chi connectivity index (χ2v) is 7.94. The third-order valence-electron chi connectivity index (χ3n) is 4.93. The summed E-state index contributed by atoms with van der Waals surface area (Å²) in [7, 11) is 0. The molecule has 0 aliphatic carbocycles. The van der Waals surface area contributed by atoms with Crippen molar-refractivity contribution in [1.82, 2.24) is 20.3 Å². The van der Waals surface area contributed by atoms with Gasteiger partial charge in [0.15, 0.2) is 5.75 Å². The zero-order chi connectivity index (χ0) is 20.8. The summed E-state index contributed by atoms with van der Waals surface area (Å²) in [5.74, 6) is 0.111. The summed E-state index contributed by atoms with van der Waals surface area (Å²) in [5.41, 5.74) is 2.85. The minimum Gasteiger partial charge on any atom is -0.480 e. The molecule has 10 heteroatoms. The lowest BCUT2D eigenvalue weighted by molar-refractivity contribution is -0.136. The first-order chi connectivity index (χ1) is 14.5. The molecule has 0 radical (unpaired) electrons. The van der Waals surface area contributed by atoms with E-state index in [2.05, 4.69) is 20.3 Å². The van der Waals surface area contributed by atoms with Crippen molar-refractivity contribution in [1.29, 1.82) is 0 Å². The number of rotatable bonds is 4. The fourth-order valence-electron chi connectivity index (χ4n) is 3.67. The largest absolute Gasteiger partial charge is 0.480 e. The van der Waals surface area contributed by atoms with E-state index in [1.165, 1.54) is 6.33 Å². The van der Waals surface area contributed by atoms with Crippen LogP contribution < -0.4 is 15.0 Å². The van der Waals surface area contributed by atoms with Gasteiger partial charge in [0.25, 0.3) is 0 Å². The molecule has 2 atom stereocenters. The van der Waals surface area contributed by atoms with Gasteiger partial charge in [-0.3, -0.25) is 9.69 Å². The Labute approximate surface area is 175 Å². The summed E-state index contributed by atoms with van der Waals surface area (Å²) in [6.07, 6.45) is 6.14. The van der Waals surface area contributed by atoms with Crippen molar-refractivity contribution >= 4 is 35.1 Å². The number of hydrogen-bond acceptors (Lipinski definition) is 7. The van der Waals surface area contributed by atoms with Gasteiger partial charge in [0, 0.05) is 11.8 Å². The number of ether oxygens (including phenoxy) is 1. The first-order valence-electron chi connectivity index (χ1n) is 9.05. The lowest BCUT2D eigenvalue weighted by Crippen LogP contribution is -2.47. The highest BCUT2D eigenvalue weighted by atomic mass is 32.2. The van der Waals surface area contributed by atoms with E-state index >= 15 is 0 Å². The number of anilines is 2. The zero-order valence-electron chi connectivity index (χ0n) is 15.6.